The zero-order chi connectivity index (χ0) is 11.7. The molecule has 0 N–H and O–H groups in total. The van der Waals surface area contributed by atoms with E-state index in [0.29, 0.717) is 11.6 Å². The Kier molecular flexibility index (Phi) is 3.30. The van der Waals surface area contributed by atoms with E-state index in [1.54, 1.807) is 12.4 Å². The molecule has 0 bridgehead atoms. The van der Waals surface area contributed by atoms with Crippen LogP contribution >= 0.6 is 27.5 Å². The molecule has 0 fully saturated rings. The Bertz CT molecular complexity index is 522. The second-order valence-electron chi connectivity index (χ2n) is 3.61. The highest BCUT2D eigenvalue weighted by atomic mass is 79.9. The van der Waals surface area contributed by atoms with Crippen molar-refractivity contribution in [2.24, 2.45) is 0 Å². The van der Waals surface area contributed by atoms with Crippen molar-refractivity contribution in [3.8, 4) is 0 Å². The lowest BCUT2D eigenvalue weighted by molar-refractivity contribution is 0.658. The zero-order valence-electron chi connectivity index (χ0n) is 9.04. The molecular formula is C11H11BrClN3. The Morgan fingerprint density at radius 1 is 1.44 bits per heavy atom. The second-order valence-corrected chi connectivity index (χ2v) is 4.81. The van der Waals surface area contributed by atoms with Gasteiger partial charge in [0.25, 0.3) is 0 Å². The van der Waals surface area contributed by atoms with Crippen LogP contribution in [-0.2, 0) is 6.54 Å². The molecule has 0 amide bonds. The minimum atomic E-state index is 0.666. The molecule has 2 rings (SSSR count). The summed E-state index contributed by atoms with van der Waals surface area (Å²) in [4.78, 5) is 3.96. The summed E-state index contributed by atoms with van der Waals surface area (Å²) in [6.45, 7) is 4.67. The van der Waals surface area contributed by atoms with E-state index < -0.39 is 0 Å². The summed E-state index contributed by atoms with van der Waals surface area (Å²) in [7, 11) is 0. The molecule has 0 unspecified atom stereocenters. The number of halogens is 2. The number of rotatable bonds is 2. The molecule has 3 nitrogen and oxygen atoms in total. The van der Waals surface area contributed by atoms with Gasteiger partial charge in [-0.1, -0.05) is 11.6 Å². The number of hydrogen-bond donors (Lipinski definition) is 0. The molecule has 16 heavy (non-hydrogen) atoms. The van der Waals surface area contributed by atoms with Gasteiger partial charge in [-0.25, -0.2) is 0 Å². The Labute approximate surface area is 108 Å². The van der Waals surface area contributed by atoms with E-state index in [2.05, 4.69) is 26.0 Å². The average Bonchev–Trinajstić information content (AvgIpc) is 2.50. The summed E-state index contributed by atoms with van der Waals surface area (Å²) in [5.74, 6) is 0. The smallest absolute Gasteiger partial charge is 0.0738 e. The maximum absolute atomic E-state index is 6.06. The monoisotopic (exact) mass is 299 g/mol. The summed E-state index contributed by atoms with van der Waals surface area (Å²) in [5, 5.41) is 5.11. The quantitative estimate of drug-likeness (QED) is 0.851. The van der Waals surface area contributed by atoms with Crippen LogP contribution in [0.25, 0.3) is 0 Å². The maximum atomic E-state index is 6.06. The van der Waals surface area contributed by atoms with Crippen molar-refractivity contribution in [3.63, 3.8) is 0 Å². The number of aryl methyl sites for hydroxylation is 1. The van der Waals surface area contributed by atoms with E-state index in [1.807, 2.05) is 24.6 Å². The van der Waals surface area contributed by atoms with Gasteiger partial charge in [0, 0.05) is 12.4 Å². The Balaban J connectivity index is 2.34. The van der Waals surface area contributed by atoms with Crippen LogP contribution in [-0.4, -0.2) is 14.8 Å². The van der Waals surface area contributed by atoms with Crippen LogP contribution in [0.5, 0.6) is 0 Å². The molecule has 0 spiro atoms. The molecule has 0 aliphatic heterocycles. The van der Waals surface area contributed by atoms with E-state index >= 15 is 0 Å². The summed E-state index contributed by atoms with van der Waals surface area (Å²) < 4.78 is 2.98. The highest BCUT2D eigenvalue weighted by molar-refractivity contribution is 9.10. The van der Waals surface area contributed by atoms with E-state index in [1.165, 1.54) is 0 Å². The molecule has 2 aromatic heterocycles. The van der Waals surface area contributed by atoms with Crippen LogP contribution < -0.4 is 0 Å². The third kappa shape index (κ3) is 2.13. The zero-order valence-corrected chi connectivity index (χ0v) is 11.4. The molecule has 2 heterocycles. The highest BCUT2D eigenvalue weighted by Gasteiger charge is 2.10. The molecule has 5 heteroatoms. The standard InChI is InChI=1S/C11H11BrClN3/c1-7-11(12)8(2)16(15-7)6-9-3-4-14-5-10(9)13/h3-5H,6H2,1-2H3. The van der Waals surface area contributed by atoms with E-state index in [-0.39, 0.29) is 0 Å². The molecule has 0 aliphatic rings. The lowest BCUT2D eigenvalue weighted by Gasteiger charge is -2.05. The van der Waals surface area contributed by atoms with Gasteiger partial charge in [0.1, 0.15) is 0 Å². The van der Waals surface area contributed by atoms with Crippen LogP contribution in [0.1, 0.15) is 17.0 Å². The predicted molar refractivity (Wildman–Crippen MR) is 67.8 cm³/mol. The maximum Gasteiger partial charge on any atom is 0.0738 e. The number of nitrogens with zero attached hydrogens (tertiary/aromatic N) is 3. The van der Waals surface area contributed by atoms with Gasteiger partial charge >= 0.3 is 0 Å². The topological polar surface area (TPSA) is 30.7 Å². The lowest BCUT2D eigenvalue weighted by Crippen LogP contribution is -2.04. The summed E-state index contributed by atoms with van der Waals surface area (Å²) in [6, 6.07) is 1.91. The van der Waals surface area contributed by atoms with E-state index in [4.69, 9.17) is 11.6 Å². The van der Waals surface area contributed by atoms with Crippen molar-refractivity contribution < 1.29 is 0 Å². The molecule has 0 saturated carbocycles. The van der Waals surface area contributed by atoms with Crippen molar-refractivity contribution in [2.75, 3.05) is 0 Å². The first-order chi connectivity index (χ1) is 7.59. The van der Waals surface area contributed by atoms with Crippen molar-refractivity contribution in [1.29, 1.82) is 0 Å². The van der Waals surface area contributed by atoms with E-state index in [9.17, 15) is 0 Å². The lowest BCUT2D eigenvalue weighted by atomic mass is 10.2. The first-order valence-electron chi connectivity index (χ1n) is 4.87. The first-order valence-corrected chi connectivity index (χ1v) is 6.04. The summed E-state index contributed by atoms with van der Waals surface area (Å²) in [5.41, 5.74) is 3.11. The highest BCUT2D eigenvalue weighted by Crippen LogP contribution is 2.22. The largest absolute Gasteiger partial charge is 0.264 e. The van der Waals surface area contributed by atoms with Crippen molar-refractivity contribution in [2.45, 2.75) is 20.4 Å². The summed E-state index contributed by atoms with van der Waals surface area (Å²) in [6.07, 6.45) is 3.39. The molecular weight excluding hydrogens is 289 g/mol. The van der Waals surface area contributed by atoms with Crippen molar-refractivity contribution in [1.82, 2.24) is 14.8 Å². The minimum Gasteiger partial charge on any atom is -0.264 e. The van der Waals surface area contributed by atoms with Gasteiger partial charge in [-0.15, -0.1) is 0 Å². The number of pyridine rings is 1. The van der Waals surface area contributed by atoms with Crippen LogP contribution in [0, 0.1) is 13.8 Å². The first kappa shape index (κ1) is 11.6. The molecule has 0 aromatic carbocycles. The number of aromatic nitrogens is 3. The molecule has 0 radical (unpaired) electrons. The van der Waals surface area contributed by atoms with Gasteiger partial charge in [0.05, 0.1) is 27.4 Å². The van der Waals surface area contributed by atoms with Crippen LogP contribution in [0.4, 0.5) is 0 Å². The van der Waals surface area contributed by atoms with Crippen molar-refractivity contribution >= 4 is 27.5 Å². The van der Waals surface area contributed by atoms with Crippen LogP contribution in [0.15, 0.2) is 22.9 Å². The van der Waals surface area contributed by atoms with Crippen molar-refractivity contribution in [3.05, 3.63) is 44.9 Å². The van der Waals surface area contributed by atoms with Gasteiger partial charge < -0.3 is 0 Å². The Morgan fingerprint density at radius 3 is 2.75 bits per heavy atom. The Hall–Kier alpha value is -0.870. The normalized spacial score (nSPS) is 10.8. The SMILES string of the molecule is Cc1nn(Cc2ccncc2Cl)c(C)c1Br. The van der Waals surface area contributed by atoms with Gasteiger partial charge in [-0.2, -0.15) is 5.10 Å². The van der Waals surface area contributed by atoms with E-state index in [0.717, 1.165) is 21.4 Å². The van der Waals surface area contributed by atoms with Crippen LogP contribution in [0.3, 0.4) is 0 Å². The third-order valence-corrected chi connectivity index (χ3v) is 3.96. The van der Waals surface area contributed by atoms with Crippen LogP contribution in [0.2, 0.25) is 5.02 Å². The summed E-state index contributed by atoms with van der Waals surface area (Å²) >= 11 is 9.56. The van der Waals surface area contributed by atoms with Gasteiger partial charge in [-0.05, 0) is 41.4 Å². The Morgan fingerprint density at radius 2 is 2.19 bits per heavy atom. The fraction of sp³-hybridized carbons (Fsp3) is 0.273. The van der Waals surface area contributed by atoms with Gasteiger partial charge in [0.2, 0.25) is 0 Å². The fourth-order valence-corrected chi connectivity index (χ4v) is 1.99. The molecule has 0 atom stereocenters. The van der Waals surface area contributed by atoms with Gasteiger partial charge in [-0.3, -0.25) is 9.67 Å². The van der Waals surface area contributed by atoms with Gasteiger partial charge in [0.15, 0.2) is 0 Å². The minimum absolute atomic E-state index is 0.666. The number of hydrogen-bond acceptors (Lipinski definition) is 2. The predicted octanol–water partition coefficient (Wildman–Crippen LogP) is 3.36. The fourth-order valence-electron chi connectivity index (χ4n) is 1.52. The molecule has 2 aromatic rings. The molecule has 84 valence electrons. The third-order valence-electron chi connectivity index (χ3n) is 2.47. The molecule has 0 saturated heterocycles. The average molecular weight is 301 g/mol. The molecule has 0 aliphatic carbocycles. The second kappa shape index (κ2) is 4.55.